The molecule has 0 bridgehead atoms. The minimum atomic E-state index is -0.945. The molecule has 1 saturated heterocycles. The molecule has 1 heterocycles. The van der Waals surface area contributed by atoms with Gasteiger partial charge in [0.2, 0.25) is 5.91 Å². The first-order valence-corrected chi connectivity index (χ1v) is 6.90. The first kappa shape index (κ1) is 14.8. The number of amides is 1. The molecule has 2 N–H and O–H groups in total. The van der Waals surface area contributed by atoms with Crippen molar-refractivity contribution in [2.24, 2.45) is 11.7 Å². The number of halogens is 2. The molecule has 1 aliphatic rings. The van der Waals surface area contributed by atoms with Gasteiger partial charge in [0.1, 0.15) is 0 Å². The van der Waals surface area contributed by atoms with Crippen LogP contribution in [0.4, 0.5) is 8.78 Å². The van der Waals surface area contributed by atoms with Gasteiger partial charge in [0.25, 0.3) is 0 Å². The third kappa shape index (κ3) is 3.30. The maximum atomic E-state index is 13.5. The summed E-state index contributed by atoms with van der Waals surface area (Å²) in [6.45, 7) is 1.11. The Morgan fingerprint density at radius 3 is 2.60 bits per heavy atom. The molecular formula is C14H16F2N2OS. The fourth-order valence-electron chi connectivity index (χ4n) is 2.37. The quantitative estimate of drug-likeness (QED) is 0.869. The molecule has 0 aliphatic carbocycles. The molecular weight excluding hydrogens is 282 g/mol. The average molecular weight is 298 g/mol. The third-order valence-corrected chi connectivity index (χ3v) is 3.96. The van der Waals surface area contributed by atoms with Crippen LogP contribution in [-0.4, -0.2) is 28.9 Å². The lowest BCUT2D eigenvalue weighted by atomic mass is 9.96. The summed E-state index contributed by atoms with van der Waals surface area (Å²) >= 11 is 4.94. The summed E-state index contributed by atoms with van der Waals surface area (Å²) in [6, 6.07) is 3.87. The van der Waals surface area contributed by atoms with E-state index < -0.39 is 11.6 Å². The van der Waals surface area contributed by atoms with E-state index in [2.05, 4.69) is 0 Å². The van der Waals surface area contributed by atoms with Crippen LogP contribution in [0.3, 0.4) is 0 Å². The standard InChI is InChI=1S/C14H16F2N2OS/c15-11-3-1-2-10(13(11)16)8-12(19)18-6-4-9(5-7-18)14(17)20/h1-3,9H,4-8H2,(H2,17,20). The van der Waals surface area contributed by atoms with Gasteiger partial charge in [-0.05, 0) is 18.9 Å². The van der Waals surface area contributed by atoms with Gasteiger partial charge in [-0.15, -0.1) is 0 Å². The molecule has 20 heavy (non-hydrogen) atoms. The second-order valence-corrected chi connectivity index (χ2v) is 5.42. The smallest absolute Gasteiger partial charge is 0.227 e. The van der Waals surface area contributed by atoms with Crippen molar-refractivity contribution in [2.45, 2.75) is 19.3 Å². The van der Waals surface area contributed by atoms with Crippen molar-refractivity contribution < 1.29 is 13.6 Å². The van der Waals surface area contributed by atoms with E-state index in [1.807, 2.05) is 0 Å². The lowest BCUT2D eigenvalue weighted by molar-refractivity contribution is -0.131. The molecule has 0 atom stereocenters. The summed E-state index contributed by atoms with van der Waals surface area (Å²) in [5.41, 5.74) is 5.67. The zero-order valence-electron chi connectivity index (χ0n) is 10.9. The van der Waals surface area contributed by atoms with Gasteiger partial charge in [0.15, 0.2) is 11.6 Å². The van der Waals surface area contributed by atoms with Crippen LogP contribution in [0.5, 0.6) is 0 Å². The number of carbonyl (C=O) groups is 1. The summed E-state index contributed by atoms with van der Waals surface area (Å²) < 4.78 is 26.6. The maximum Gasteiger partial charge on any atom is 0.227 e. The van der Waals surface area contributed by atoms with Crippen LogP contribution < -0.4 is 5.73 Å². The molecule has 1 aromatic rings. The minimum Gasteiger partial charge on any atom is -0.393 e. The SMILES string of the molecule is NC(=S)C1CCN(C(=O)Cc2cccc(F)c2F)CC1. The van der Waals surface area contributed by atoms with Crippen LogP contribution >= 0.6 is 12.2 Å². The molecule has 0 spiro atoms. The van der Waals surface area contributed by atoms with Crippen LogP contribution in [0.2, 0.25) is 0 Å². The number of piperidine rings is 1. The van der Waals surface area contributed by atoms with E-state index in [-0.39, 0.29) is 23.8 Å². The Hall–Kier alpha value is -1.56. The predicted molar refractivity (Wildman–Crippen MR) is 76.2 cm³/mol. The van der Waals surface area contributed by atoms with Crippen molar-refractivity contribution in [2.75, 3.05) is 13.1 Å². The van der Waals surface area contributed by atoms with Crippen molar-refractivity contribution in [1.29, 1.82) is 0 Å². The predicted octanol–water partition coefficient (Wildman–Crippen LogP) is 2.03. The van der Waals surface area contributed by atoms with Crippen molar-refractivity contribution in [3.05, 3.63) is 35.4 Å². The van der Waals surface area contributed by atoms with Gasteiger partial charge in [-0.1, -0.05) is 24.4 Å². The second kappa shape index (κ2) is 6.26. The van der Waals surface area contributed by atoms with Gasteiger partial charge >= 0.3 is 0 Å². The summed E-state index contributed by atoms with van der Waals surface area (Å²) in [6.07, 6.45) is 1.33. The number of nitrogens with two attached hydrogens (primary N) is 1. The summed E-state index contributed by atoms with van der Waals surface area (Å²) in [7, 11) is 0. The number of carbonyl (C=O) groups excluding carboxylic acids is 1. The number of hydrogen-bond donors (Lipinski definition) is 1. The number of benzene rings is 1. The minimum absolute atomic E-state index is 0.0893. The Morgan fingerprint density at radius 1 is 1.35 bits per heavy atom. The van der Waals surface area contributed by atoms with E-state index in [1.165, 1.54) is 12.1 Å². The van der Waals surface area contributed by atoms with Crippen molar-refractivity contribution in [3.8, 4) is 0 Å². The van der Waals surface area contributed by atoms with Gasteiger partial charge in [-0.25, -0.2) is 8.78 Å². The van der Waals surface area contributed by atoms with Crippen LogP contribution in [0.25, 0.3) is 0 Å². The van der Waals surface area contributed by atoms with E-state index in [0.717, 1.165) is 18.9 Å². The first-order valence-electron chi connectivity index (χ1n) is 6.49. The molecule has 2 rings (SSSR count). The van der Waals surface area contributed by atoms with Gasteiger partial charge in [0.05, 0.1) is 11.4 Å². The molecule has 0 aromatic heterocycles. The largest absolute Gasteiger partial charge is 0.393 e. The molecule has 1 aliphatic heterocycles. The Balaban J connectivity index is 1.96. The summed E-state index contributed by atoms with van der Waals surface area (Å²) in [4.78, 5) is 14.2. The number of hydrogen-bond acceptors (Lipinski definition) is 2. The first-order chi connectivity index (χ1) is 9.49. The molecule has 0 saturated carbocycles. The maximum absolute atomic E-state index is 13.5. The van der Waals surface area contributed by atoms with Crippen molar-refractivity contribution >= 4 is 23.1 Å². The summed E-state index contributed by atoms with van der Waals surface area (Å²) in [5, 5.41) is 0. The highest BCUT2D eigenvalue weighted by Gasteiger charge is 2.24. The van der Waals surface area contributed by atoms with E-state index in [1.54, 1.807) is 4.90 Å². The molecule has 0 radical (unpaired) electrons. The summed E-state index contributed by atoms with van der Waals surface area (Å²) in [5.74, 6) is -1.91. The highest BCUT2D eigenvalue weighted by Crippen LogP contribution is 2.19. The van der Waals surface area contributed by atoms with Crippen LogP contribution in [0, 0.1) is 17.6 Å². The number of nitrogens with zero attached hydrogens (tertiary/aromatic N) is 1. The molecule has 108 valence electrons. The average Bonchev–Trinajstić information content (AvgIpc) is 2.44. The van der Waals surface area contributed by atoms with Gasteiger partial charge in [-0.2, -0.15) is 0 Å². The van der Waals surface area contributed by atoms with E-state index >= 15 is 0 Å². The molecule has 3 nitrogen and oxygen atoms in total. The van der Waals surface area contributed by atoms with E-state index in [4.69, 9.17) is 18.0 Å². The Kier molecular flexibility index (Phi) is 4.65. The number of rotatable bonds is 3. The zero-order chi connectivity index (χ0) is 14.7. The van der Waals surface area contributed by atoms with E-state index in [0.29, 0.717) is 18.1 Å². The van der Waals surface area contributed by atoms with Crippen molar-refractivity contribution in [1.82, 2.24) is 4.90 Å². The van der Waals surface area contributed by atoms with Gasteiger partial charge in [-0.3, -0.25) is 4.79 Å². The fourth-order valence-corrected chi connectivity index (χ4v) is 2.61. The number of likely N-dealkylation sites (tertiary alicyclic amines) is 1. The number of thiocarbonyl (C=S) groups is 1. The van der Waals surface area contributed by atoms with E-state index in [9.17, 15) is 13.6 Å². The van der Waals surface area contributed by atoms with Crippen molar-refractivity contribution in [3.63, 3.8) is 0 Å². The molecule has 0 unspecified atom stereocenters. The third-order valence-electron chi connectivity index (χ3n) is 3.62. The Morgan fingerprint density at radius 2 is 2.00 bits per heavy atom. The fraction of sp³-hybridized carbons (Fsp3) is 0.429. The highest BCUT2D eigenvalue weighted by molar-refractivity contribution is 7.80. The molecule has 6 heteroatoms. The lowest BCUT2D eigenvalue weighted by Crippen LogP contribution is -2.42. The van der Waals surface area contributed by atoms with Crippen LogP contribution in [0.15, 0.2) is 18.2 Å². The van der Waals surface area contributed by atoms with Gasteiger partial charge in [0, 0.05) is 24.6 Å². The monoisotopic (exact) mass is 298 g/mol. The Labute approximate surface area is 121 Å². The molecule has 1 amide bonds. The second-order valence-electron chi connectivity index (χ2n) is 4.95. The topological polar surface area (TPSA) is 46.3 Å². The van der Waals surface area contributed by atoms with Gasteiger partial charge < -0.3 is 10.6 Å². The van der Waals surface area contributed by atoms with Crippen LogP contribution in [0.1, 0.15) is 18.4 Å². The Bertz CT molecular complexity index is 528. The lowest BCUT2D eigenvalue weighted by Gasteiger charge is -2.31. The normalized spacial score (nSPS) is 16.2. The molecule has 1 aromatic carbocycles. The highest BCUT2D eigenvalue weighted by atomic mass is 32.1. The zero-order valence-corrected chi connectivity index (χ0v) is 11.8. The van der Waals surface area contributed by atoms with Crippen LogP contribution in [-0.2, 0) is 11.2 Å². The molecule has 1 fully saturated rings.